The maximum Gasteiger partial charge on any atom is 1.00 e. The van der Waals surface area contributed by atoms with Crippen molar-refractivity contribution in [3.8, 4) is 0 Å². The largest absolute Gasteiger partial charge is 1.00 e. The Labute approximate surface area is 129 Å². The number of hydrogen-bond donors (Lipinski definition) is 0. The summed E-state index contributed by atoms with van der Waals surface area (Å²) in [5, 5.41) is 10.3. The van der Waals surface area contributed by atoms with Crippen molar-refractivity contribution in [2.24, 2.45) is 0 Å². The smallest absolute Gasteiger partial charge is 0.739 e. The number of hydrogen-bond acceptors (Lipinski definition) is 7. The molecule has 0 spiro atoms. The van der Waals surface area contributed by atoms with E-state index < -0.39 is 25.6 Å². The molecule has 0 amide bonds. The van der Waals surface area contributed by atoms with E-state index in [4.69, 9.17) is 0 Å². The number of rotatable bonds is 5. The van der Waals surface area contributed by atoms with Gasteiger partial charge in [0.05, 0.1) is 10.7 Å². The van der Waals surface area contributed by atoms with Gasteiger partial charge in [-0.2, -0.15) is 0 Å². The van der Waals surface area contributed by atoms with E-state index in [0.29, 0.717) is 0 Å². The molecular weight excluding hydrogens is 293 g/mol. The first-order chi connectivity index (χ1) is 7.79. The predicted molar refractivity (Wildman–Crippen MR) is 59.6 cm³/mol. The van der Waals surface area contributed by atoms with E-state index in [1.54, 1.807) is 0 Å². The fourth-order valence-electron chi connectivity index (χ4n) is 0.978. The maximum absolute atomic E-state index is 11.4. The van der Waals surface area contributed by atoms with Gasteiger partial charge in [0.2, 0.25) is 0 Å². The first-order valence-electron chi connectivity index (χ1n) is 4.17. The quantitative estimate of drug-likeness (QED) is 0.154. The molecule has 10 heteroatoms. The van der Waals surface area contributed by atoms with Crippen LogP contribution in [0.1, 0.15) is 10.4 Å². The Bertz CT molecular complexity index is 541. The zero-order valence-corrected chi connectivity index (χ0v) is 12.9. The molecule has 0 aliphatic carbocycles. The molecule has 0 N–H and O–H groups in total. The number of carbonyl (C=O) groups is 1. The van der Waals surface area contributed by atoms with Crippen LogP contribution in [0, 0.1) is 10.1 Å². The number of nitro groups is 1. The monoisotopic (exact) mass is 299 g/mol. The first-order valence-corrected chi connectivity index (χ1v) is 7.08. The molecule has 0 bridgehead atoms. The number of carbonyl (C=O) groups excluding carboxylic acids is 1. The van der Waals surface area contributed by atoms with Crippen molar-refractivity contribution in [1.82, 2.24) is 0 Å². The van der Waals surface area contributed by atoms with Gasteiger partial charge in [0.1, 0.15) is 9.15 Å². The van der Waals surface area contributed by atoms with Gasteiger partial charge in [-0.3, -0.25) is 14.9 Å². The minimum atomic E-state index is -4.51. The molecule has 7 nitrogen and oxygen atoms in total. The standard InChI is InChI=1S/C8H7NO6S2.Na/c10-8(5-16-17(13,14)15)6-1-3-7(4-2-6)9(11)12;/h1-4H,5H2,(H,13,14,15);/q;+1/p-1. The molecule has 1 rings (SSSR count). The Balaban J connectivity index is 0.00000289. The van der Waals surface area contributed by atoms with Gasteiger partial charge in [-0.25, -0.2) is 8.42 Å². The molecule has 0 aromatic heterocycles. The van der Waals surface area contributed by atoms with E-state index in [-0.39, 0.29) is 51.6 Å². The zero-order chi connectivity index (χ0) is 13.1. The molecule has 18 heavy (non-hydrogen) atoms. The summed E-state index contributed by atoms with van der Waals surface area (Å²) in [6.45, 7) is 0. The summed E-state index contributed by atoms with van der Waals surface area (Å²) in [5.41, 5.74) is -0.0580. The Hall–Kier alpha value is -0.450. The Morgan fingerprint density at radius 1 is 1.28 bits per heavy atom. The van der Waals surface area contributed by atoms with Crippen molar-refractivity contribution in [2.45, 2.75) is 0 Å². The second-order valence-corrected chi connectivity index (χ2v) is 6.17. The van der Waals surface area contributed by atoms with E-state index in [0.717, 1.165) is 12.1 Å². The van der Waals surface area contributed by atoms with Gasteiger partial charge in [-0.15, -0.1) is 0 Å². The number of nitrogens with zero attached hydrogens (tertiary/aromatic N) is 1. The number of Topliss-reactive ketones (excluding diaryl/α,β-unsaturated/α-hetero) is 1. The second kappa shape index (κ2) is 7.22. The summed E-state index contributed by atoms with van der Waals surface area (Å²) >= 11 is 0. The minimum Gasteiger partial charge on any atom is -0.739 e. The third-order valence-electron chi connectivity index (χ3n) is 1.73. The topological polar surface area (TPSA) is 117 Å². The van der Waals surface area contributed by atoms with Gasteiger partial charge < -0.3 is 4.55 Å². The van der Waals surface area contributed by atoms with Crippen LogP contribution < -0.4 is 29.6 Å². The molecule has 0 aliphatic rings. The van der Waals surface area contributed by atoms with Gasteiger partial charge in [0.15, 0.2) is 5.78 Å². The summed E-state index contributed by atoms with van der Waals surface area (Å²) in [4.78, 5) is 21.1. The fraction of sp³-hybridized carbons (Fsp3) is 0.125. The van der Waals surface area contributed by atoms with Crippen LogP contribution in [-0.4, -0.2) is 29.4 Å². The zero-order valence-electron chi connectivity index (χ0n) is 9.23. The average Bonchev–Trinajstić information content (AvgIpc) is 2.25. The fourth-order valence-corrected chi connectivity index (χ4v) is 2.15. The van der Waals surface area contributed by atoms with Gasteiger partial charge in [-0.05, 0) is 22.9 Å². The molecule has 0 aliphatic heterocycles. The molecule has 0 saturated carbocycles. The second-order valence-electron chi connectivity index (χ2n) is 2.90. The van der Waals surface area contributed by atoms with Gasteiger partial charge in [0, 0.05) is 17.7 Å². The molecule has 0 atom stereocenters. The van der Waals surface area contributed by atoms with Crippen molar-refractivity contribution in [3.05, 3.63) is 39.9 Å². The minimum absolute atomic E-state index is 0. The molecule has 0 heterocycles. The van der Waals surface area contributed by atoms with E-state index in [9.17, 15) is 27.9 Å². The van der Waals surface area contributed by atoms with E-state index in [1.807, 2.05) is 0 Å². The number of benzene rings is 1. The Kier molecular flexibility index (Phi) is 7.04. The summed E-state index contributed by atoms with van der Waals surface area (Å²) < 4.78 is 30.8. The van der Waals surface area contributed by atoms with Crippen molar-refractivity contribution < 1.29 is 52.2 Å². The van der Waals surface area contributed by atoms with Crippen molar-refractivity contribution >= 4 is 31.4 Å². The van der Waals surface area contributed by atoms with Gasteiger partial charge in [-0.1, -0.05) is 0 Å². The SMILES string of the molecule is O=C(CSS(=O)(=O)[O-])c1ccc([N+](=O)[O-])cc1.[Na+]. The third-order valence-corrected chi connectivity index (χ3v) is 3.62. The van der Waals surface area contributed by atoms with Crippen LogP contribution in [-0.2, 0) is 9.15 Å². The first kappa shape index (κ1) is 17.6. The van der Waals surface area contributed by atoms with Crippen LogP contribution in [0.5, 0.6) is 0 Å². The molecule has 1 aromatic carbocycles. The van der Waals surface area contributed by atoms with Crippen LogP contribution in [0.3, 0.4) is 0 Å². The van der Waals surface area contributed by atoms with Gasteiger partial charge in [0.25, 0.3) is 5.69 Å². The van der Waals surface area contributed by atoms with Crippen molar-refractivity contribution in [3.63, 3.8) is 0 Å². The summed E-state index contributed by atoms with van der Waals surface area (Å²) in [6, 6.07) is 4.67. The average molecular weight is 299 g/mol. The molecule has 1 aromatic rings. The molecule has 92 valence electrons. The van der Waals surface area contributed by atoms with Crippen LogP contribution in [0.2, 0.25) is 0 Å². The van der Waals surface area contributed by atoms with Crippen LogP contribution in [0.15, 0.2) is 24.3 Å². The number of nitro benzene ring substituents is 1. The van der Waals surface area contributed by atoms with Crippen LogP contribution in [0.4, 0.5) is 5.69 Å². The van der Waals surface area contributed by atoms with Gasteiger partial charge >= 0.3 is 29.6 Å². The molecule has 0 saturated heterocycles. The van der Waals surface area contributed by atoms with Crippen molar-refractivity contribution in [1.29, 1.82) is 0 Å². The van der Waals surface area contributed by atoms with E-state index in [2.05, 4.69) is 0 Å². The van der Waals surface area contributed by atoms with Crippen LogP contribution in [0.25, 0.3) is 0 Å². The molecule has 0 radical (unpaired) electrons. The van der Waals surface area contributed by atoms with Crippen LogP contribution >= 0.6 is 10.8 Å². The van der Waals surface area contributed by atoms with Crippen molar-refractivity contribution in [2.75, 3.05) is 5.75 Å². The maximum atomic E-state index is 11.4. The Morgan fingerprint density at radius 3 is 2.17 bits per heavy atom. The predicted octanol–water partition coefficient (Wildman–Crippen LogP) is -2.03. The van der Waals surface area contributed by atoms with E-state index >= 15 is 0 Å². The summed E-state index contributed by atoms with van der Waals surface area (Å²) in [6.07, 6.45) is 0. The third kappa shape index (κ3) is 5.94. The molecule has 0 fully saturated rings. The number of ketones is 1. The number of non-ortho nitro benzene ring substituents is 1. The molecular formula is C8H6NNaO6S2. The molecule has 0 unspecified atom stereocenters. The van der Waals surface area contributed by atoms with E-state index in [1.165, 1.54) is 12.1 Å². The summed E-state index contributed by atoms with van der Waals surface area (Å²) in [5.74, 6) is -1.09. The Morgan fingerprint density at radius 2 is 1.78 bits per heavy atom. The normalized spacial score (nSPS) is 10.5. The summed E-state index contributed by atoms with van der Waals surface area (Å²) in [7, 11) is -4.53.